The van der Waals surface area contributed by atoms with Gasteiger partial charge < -0.3 is 24.8 Å². The van der Waals surface area contributed by atoms with Crippen LogP contribution in [-0.2, 0) is 0 Å². The van der Waals surface area contributed by atoms with Crippen molar-refractivity contribution >= 4 is 29.9 Å². The summed E-state index contributed by atoms with van der Waals surface area (Å²) in [5.74, 6) is 2.99. The van der Waals surface area contributed by atoms with Crippen molar-refractivity contribution in [2.75, 3.05) is 34.4 Å². The molecule has 1 atom stereocenters. The van der Waals surface area contributed by atoms with Gasteiger partial charge in [-0.15, -0.1) is 24.0 Å². The van der Waals surface area contributed by atoms with Gasteiger partial charge in [-0.3, -0.25) is 9.98 Å². The van der Waals surface area contributed by atoms with Gasteiger partial charge in [0.25, 0.3) is 0 Å². The highest BCUT2D eigenvalue weighted by molar-refractivity contribution is 14.0. The Hall–Kier alpha value is -2.23. The van der Waals surface area contributed by atoms with Gasteiger partial charge in [-0.1, -0.05) is 0 Å². The molecule has 2 rings (SSSR count). The first-order chi connectivity index (χ1) is 12.7. The third-order valence-electron chi connectivity index (χ3n) is 3.78. The second-order valence-electron chi connectivity index (χ2n) is 5.51. The normalized spacial score (nSPS) is 11.8. The molecule has 0 saturated carbocycles. The number of methoxy groups -OCH3 is 2. The summed E-state index contributed by atoms with van der Waals surface area (Å²) in [4.78, 5) is 8.27. The second kappa shape index (κ2) is 12.2. The number of aromatic nitrogens is 1. The van der Waals surface area contributed by atoms with Crippen molar-refractivity contribution in [1.29, 1.82) is 0 Å². The van der Waals surface area contributed by atoms with E-state index in [2.05, 4.69) is 20.6 Å². The molecule has 7 nitrogen and oxygen atoms in total. The Labute approximate surface area is 177 Å². The van der Waals surface area contributed by atoms with E-state index in [4.69, 9.17) is 14.2 Å². The summed E-state index contributed by atoms with van der Waals surface area (Å²) in [6.45, 7) is 3.15. The number of rotatable bonds is 8. The molecule has 1 heterocycles. The molecular weight excluding hydrogens is 459 g/mol. The number of hydrogen-bond donors (Lipinski definition) is 2. The van der Waals surface area contributed by atoms with E-state index < -0.39 is 0 Å². The summed E-state index contributed by atoms with van der Waals surface area (Å²) in [5, 5.41) is 6.57. The van der Waals surface area contributed by atoms with Crippen molar-refractivity contribution in [1.82, 2.24) is 15.6 Å². The molecule has 1 aromatic heterocycles. The van der Waals surface area contributed by atoms with Crippen LogP contribution in [-0.4, -0.2) is 45.4 Å². The predicted octanol–water partition coefficient (Wildman–Crippen LogP) is 3.02. The van der Waals surface area contributed by atoms with Gasteiger partial charge in [-0.25, -0.2) is 0 Å². The Morgan fingerprint density at radius 3 is 2.63 bits per heavy atom. The van der Waals surface area contributed by atoms with Gasteiger partial charge >= 0.3 is 0 Å². The highest BCUT2D eigenvalue weighted by atomic mass is 127. The largest absolute Gasteiger partial charge is 0.497 e. The minimum absolute atomic E-state index is 0. The third kappa shape index (κ3) is 7.12. The quantitative estimate of drug-likeness (QED) is 0.259. The molecule has 0 aliphatic rings. The van der Waals surface area contributed by atoms with Crippen molar-refractivity contribution in [3.05, 3.63) is 48.3 Å². The molecule has 0 saturated heterocycles. The van der Waals surface area contributed by atoms with Crippen LogP contribution >= 0.6 is 24.0 Å². The number of nitrogens with zero attached hydrogens (tertiary/aromatic N) is 2. The summed E-state index contributed by atoms with van der Waals surface area (Å²) in [6, 6.07) is 9.41. The Kier molecular flexibility index (Phi) is 10.3. The van der Waals surface area contributed by atoms with E-state index in [1.54, 1.807) is 33.7 Å². The number of hydrogen-bond acceptors (Lipinski definition) is 5. The van der Waals surface area contributed by atoms with Crippen molar-refractivity contribution < 1.29 is 14.2 Å². The number of guanidine groups is 1. The Morgan fingerprint density at radius 1 is 1.19 bits per heavy atom. The zero-order valence-corrected chi connectivity index (χ0v) is 18.4. The zero-order chi connectivity index (χ0) is 18.8. The van der Waals surface area contributed by atoms with E-state index in [1.165, 1.54) is 0 Å². The average molecular weight is 486 g/mol. The first-order valence-electron chi connectivity index (χ1n) is 8.40. The highest BCUT2D eigenvalue weighted by Gasteiger charge is 2.14. The van der Waals surface area contributed by atoms with Gasteiger partial charge in [0.05, 0.1) is 33.0 Å². The molecule has 2 aromatic rings. The van der Waals surface area contributed by atoms with E-state index in [0.29, 0.717) is 19.1 Å². The lowest BCUT2D eigenvalue weighted by Gasteiger charge is -2.21. The van der Waals surface area contributed by atoms with E-state index in [0.717, 1.165) is 22.8 Å². The van der Waals surface area contributed by atoms with Gasteiger partial charge in [0.15, 0.2) is 5.96 Å². The van der Waals surface area contributed by atoms with Crippen molar-refractivity contribution in [3.8, 4) is 17.2 Å². The Morgan fingerprint density at radius 2 is 2.00 bits per heavy atom. The number of pyridine rings is 1. The second-order valence-corrected chi connectivity index (χ2v) is 5.51. The minimum Gasteiger partial charge on any atom is -0.497 e. The topological polar surface area (TPSA) is 77.0 Å². The van der Waals surface area contributed by atoms with Crippen LogP contribution in [0.5, 0.6) is 17.2 Å². The molecular formula is C19H27IN4O3. The third-order valence-corrected chi connectivity index (χ3v) is 3.78. The molecule has 2 N–H and O–H groups in total. The van der Waals surface area contributed by atoms with Gasteiger partial charge in [0, 0.05) is 18.8 Å². The maximum atomic E-state index is 5.61. The van der Waals surface area contributed by atoms with Gasteiger partial charge in [0.2, 0.25) is 0 Å². The standard InChI is InChI=1S/C19H26N4O3.HI/c1-14(17-12-15(24-3)7-8-18(17)25-4)23-19(20-2)22-10-11-26-16-6-5-9-21-13-16;/h5-9,12-14H,10-11H2,1-4H3,(H2,20,22,23);1H. The fourth-order valence-electron chi connectivity index (χ4n) is 2.43. The SMILES string of the molecule is CN=C(NCCOc1cccnc1)NC(C)c1cc(OC)ccc1OC.I. The van der Waals surface area contributed by atoms with Crippen LogP contribution in [0.1, 0.15) is 18.5 Å². The van der Waals surface area contributed by atoms with Gasteiger partial charge in [-0.2, -0.15) is 0 Å². The molecule has 0 bridgehead atoms. The van der Waals surface area contributed by atoms with Crippen LogP contribution < -0.4 is 24.8 Å². The molecule has 0 aliphatic heterocycles. The van der Waals surface area contributed by atoms with Crippen LogP contribution in [0.2, 0.25) is 0 Å². The highest BCUT2D eigenvalue weighted by Crippen LogP contribution is 2.29. The average Bonchev–Trinajstić information content (AvgIpc) is 2.70. The number of nitrogens with one attached hydrogen (secondary N) is 2. The molecule has 0 amide bonds. The zero-order valence-electron chi connectivity index (χ0n) is 16.1. The van der Waals surface area contributed by atoms with E-state index in [9.17, 15) is 0 Å². The molecule has 0 spiro atoms. The lowest BCUT2D eigenvalue weighted by Crippen LogP contribution is -2.40. The monoisotopic (exact) mass is 486 g/mol. The van der Waals surface area contributed by atoms with E-state index in [-0.39, 0.29) is 30.0 Å². The van der Waals surface area contributed by atoms with E-state index >= 15 is 0 Å². The van der Waals surface area contributed by atoms with Crippen molar-refractivity contribution in [2.45, 2.75) is 13.0 Å². The first kappa shape index (κ1) is 22.8. The number of aliphatic imine (C=N–C) groups is 1. The molecule has 8 heteroatoms. The van der Waals surface area contributed by atoms with Crippen molar-refractivity contribution in [2.24, 2.45) is 4.99 Å². The van der Waals surface area contributed by atoms with Crippen LogP contribution in [0.3, 0.4) is 0 Å². The Balaban J connectivity index is 0.00000364. The summed E-state index contributed by atoms with van der Waals surface area (Å²) in [5.41, 5.74) is 0.987. The van der Waals surface area contributed by atoms with Crippen LogP contribution in [0.25, 0.3) is 0 Å². The molecule has 0 aliphatic carbocycles. The van der Waals surface area contributed by atoms with Gasteiger partial charge in [0.1, 0.15) is 23.9 Å². The molecule has 0 fully saturated rings. The van der Waals surface area contributed by atoms with Gasteiger partial charge in [-0.05, 0) is 37.3 Å². The number of benzene rings is 1. The molecule has 27 heavy (non-hydrogen) atoms. The van der Waals surface area contributed by atoms with Crippen molar-refractivity contribution in [3.63, 3.8) is 0 Å². The number of ether oxygens (including phenoxy) is 3. The number of halogens is 1. The fraction of sp³-hybridized carbons (Fsp3) is 0.368. The van der Waals surface area contributed by atoms with Crippen LogP contribution in [0.15, 0.2) is 47.7 Å². The lowest BCUT2D eigenvalue weighted by molar-refractivity contribution is 0.320. The maximum Gasteiger partial charge on any atom is 0.191 e. The maximum absolute atomic E-state index is 5.61. The molecule has 1 unspecified atom stereocenters. The molecule has 1 aromatic carbocycles. The summed E-state index contributed by atoms with van der Waals surface area (Å²) in [7, 11) is 5.03. The first-order valence-corrected chi connectivity index (χ1v) is 8.40. The van der Waals surface area contributed by atoms with E-state index in [1.807, 2.05) is 37.3 Å². The van der Waals surface area contributed by atoms with Crippen LogP contribution in [0.4, 0.5) is 0 Å². The summed E-state index contributed by atoms with van der Waals surface area (Å²) in [6.07, 6.45) is 3.40. The Bertz CT molecular complexity index is 713. The smallest absolute Gasteiger partial charge is 0.191 e. The summed E-state index contributed by atoms with van der Waals surface area (Å²) < 4.78 is 16.4. The molecule has 0 radical (unpaired) electrons. The summed E-state index contributed by atoms with van der Waals surface area (Å²) >= 11 is 0. The predicted molar refractivity (Wildman–Crippen MR) is 118 cm³/mol. The lowest BCUT2D eigenvalue weighted by atomic mass is 10.1. The fourth-order valence-corrected chi connectivity index (χ4v) is 2.43. The minimum atomic E-state index is -0.0227. The molecule has 148 valence electrons. The van der Waals surface area contributed by atoms with Crippen LogP contribution in [0, 0.1) is 0 Å².